The fourth-order valence-electron chi connectivity index (χ4n) is 2.51. The van der Waals surface area contributed by atoms with Crippen molar-refractivity contribution in [1.29, 1.82) is 0 Å². The molecule has 6 unspecified atom stereocenters. The zero-order valence-electron chi connectivity index (χ0n) is 14.0. The minimum absolute atomic E-state index is 0.0168. The van der Waals surface area contributed by atoms with Crippen molar-refractivity contribution in [1.82, 2.24) is 0 Å². The van der Waals surface area contributed by atoms with Gasteiger partial charge in [0.05, 0.1) is 13.2 Å². The van der Waals surface area contributed by atoms with Crippen LogP contribution in [0.5, 0.6) is 0 Å². The molecule has 0 aromatic rings. The summed E-state index contributed by atoms with van der Waals surface area (Å²) in [5, 5.41) is 47.2. The number of ether oxygens (including phenoxy) is 3. The molecule has 0 amide bonds. The minimum Gasteiger partial charge on any atom is -0.450 e. The summed E-state index contributed by atoms with van der Waals surface area (Å²) in [6.07, 6.45) is -5.76. The minimum atomic E-state index is -1.52. The Morgan fingerprint density at radius 1 is 1.17 bits per heavy atom. The monoisotopic (exact) mass is 352 g/mol. The highest BCUT2D eigenvalue weighted by Gasteiger charge is 2.44. The van der Waals surface area contributed by atoms with Crippen LogP contribution in [0.3, 0.4) is 0 Å². The fraction of sp³-hybridized carbons (Fsp3) is 0.933. The van der Waals surface area contributed by atoms with Crippen LogP contribution < -0.4 is 0 Å². The van der Waals surface area contributed by atoms with Gasteiger partial charge < -0.3 is 39.7 Å². The number of aliphatic hydroxyl groups is 4. The van der Waals surface area contributed by atoms with Crippen molar-refractivity contribution >= 4 is 6.16 Å². The smallest absolute Gasteiger partial charge is 0.450 e. The normalized spacial score (nSPS) is 33.0. The van der Waals surface area contributed by atoms with Gasteiger partial charge in [0.15, 0.2) is 6.29 Å². The van der Waals surface area contributed by atoms with E-state index in [1.807, 2.05) is 6.92 Å². The molecular weight excluding hydrogens is 324 g/mol. The molecule has 9 nitrogen and oxygen atoms in total. The zero-order chi connectivity index (χ0) is 18.3. The maximum atomic E-state index is 10.6. The molecule has 0 aromatic carbocycles. The van der Waals surface area contributed by atoms with E-state index in [-0.39, 0.29) is 13.2 Å². The van der Waals surface area contributed by atoms with E-state index in [2.05, 4.69) is 4.74 Å². The van der Waals surface area contributed by atoms with Crippen molar-refractivity contribution in [3.8, 4) is 0 Å². The molecule has 1 rings (SSSR count). The van der Waals surface area contributed by atoms with Crippen LogP contribution in [0.25, 0.3) is 0 Å². The average molecular weight is 352 g/mol. The van der Waals surface area contributed by atoms with Gasteiger partial charge in [-0.25, -0.2) is 4.79 Å². The average Bonchev–Trinajstić information content (AvgIpc) is 2.56. The van der Waals surface area contributed by atoms with E-state index in [1.165, 1.54) is 0 Å². The molecule has 0 radical (unpaired) electrons. The number of carboxylic acid groups (broad SMARTS) is 1. The van der Waals surface area contributed by atoms with Gasteiger partial charge >= 0.3 is 6.16 Å². The van der Waals surface area contributed by atoms with Gasteiger partial charge in [-0.05, 0) is 6.42 Å². The highest BCUT2D eigenvalue weighted by molar-refractivity contribution is 5.56. The molecule has 1 saturated heterocycles. The Balaban J connectivity index is 2.68. The number of hydrogen-bond donors (Lipinski definition) is 5. The second-order valence-electron chi connectivity index (χ2n) is 6.48. The molecule has 0 bridgehead atoms. The summed E-state index contributed by atoms with van der Waals surface area (Å²) in [6.45, 7) is 3.18. The van der Waals surface area contributed by atoms with Crippen LogP contribution in [0.15, 0.2) is 0 Å². The van der Waals surface area contributed by atoms with E-state index in [1.54, 1.807) is 6.92 Å². The topological polar surface area (TPSA) is 146 Å². The second kappa shape index (κ2) is 9.50. The quantitative estimate of drug-likeness (QED) is 0.353. The van der Waals surface area contributed by atoms with Gasteiger partial charge in [-0.15, -0.1) is 0 Å². The zero-order valence-corrected chi connectivity index (χ0v) is 14.0. The summed E-state index contributed by atoms with van der Waals surface area (Å²) in [6, 6.07) is 0. The summed E-state index contributed by atoms with van der Waals surface area (Å²) in [5.41, 5.74) is -0.632. The van der Waals surface area contributed by atoms with E-state index in [0.29, 0.717) is 6.42 Å². The molecule has 1 aliphatic heterocycles. The number of aliphatic hydroxyl groups excluding tert-OH is 4. The Morgan fingerprint density at radius 2 is 1.83 bits per heavy atom. The van der Waals surface area contributed by atoms with Crippen LogP contribution in [0, 0.1) is 5.41 Å². The summed E-state index contributed by atoms with van der Waals surface area (Å²) >= 11 is 0. The van der Waals surface area contributed by atoms with Gasteiger partial charge in [0.1, 0.15) is 31.0 Å². The molecule has 5 N–H and O–H groups in total. The van der Waals surface area contributed by atoms with Crippen LogP contribution in [0.1, 0.15) is 33.1 Å². The highest BCUT2D eigenvalue weighted by atomic mass is 16.7. The third kappa shape index (κ3) is 5.83. The third-order valence-electron chi connectivity index (χ3n) is 4.12. The molecule has 24 heavy (non-hydrogen) atoms. The lowest BCUT2D eigenvalue weighted by Crippen LogP contribution is -2.59. The van der Waals surface area contributed by atoms with E-state index in [0.717, 1.165) is 12.8 Å². The summed E-state index contributed by atoms with van der Waals surface area (Å²) < 4.78 is 15.4. The van der Waals surface area contributed by atoms with Gasteiger partial charge in [-0.3, -0.25) is 0 Å². The molecular formula is C15H28O9. The van der Waals surface area contributed by atoms with Crippen LogP contribution in [-0.4, -0.2) is 82.2 Å². The van der Waals surface area contributed by atoms with E-state index < -0.39 is 48.9 Å². The lowest BCUT2D eigenvalue weighted by atomic mass is 9.86. The summed E-state index contributed by atoms with van der Waals surface area (Å²) in [4.78, 5) is 10.6. The fourth-order valence-corrected chi connectivity index (χ4v) is 2.51. The van der Waals surface area contributed by atoms with Crippen molar-refractivity contribution in [2.75, 3.05) is 19.8 Å². The molecule has 142 valence electrons. The molecule has 1 heterocycles. The maximum Gasteiger partial charge on any atom is 0.505 e. The Kier molecular flexibility index (Phi) is 8.34. The van der Waals surface area contributed by atoms with E-state index in [4.69, 9.17) is 19.7 Å². The Morgan fingerprint density at radius 3 is 2.38 bits per heavy atom. The van der Waals surface area contributed by atoms with Crippen molar-refractivity contribution in [3.05, 3.63) is 0 Å². The van der Waals surface area contributed by atoms with Gasteiger partial charge in [-0.1, -0.05) is 26.7 Å². The number of rotatable bonds is 9. The molecule has 0 aromatic heterocycles. The van der Waals surface area contributed by atoms with E-state index >= 15 is 0 Å². The molecule has 1 aliphatic rings. The lowest BCUT2D eigenvalue weighted by Gasteiger charge is -2.41. The van der Waals surface area contributed by atoms with Crippen molar-refractivity contribution in [3.63, 3.8) is 0 Å². The number of unbranched alkanes of at least 4 members (excludes halogenated alkanes) is 1. The van der Waals surface area contributed by atoms with Crippen LogP contribution in [-0.2, 0) is 14.2 Å². The maximum absolute atomic E-state index is 10.6. The molecule has 0 saturated carbocycles. The van der Waals surface area contributed by atoms with Gasteiger partial charge in [0.25, 0.3) is 0 Å². The van der Waals surface area contributed by atoms with Gasteiger partial charge in [0.2, 0.25) is 0 Å². The van der Waals surface area contributed by atoms with Crippen LogP contribution in [0.2, 0.25) is 0 Å². The number of hydrogen-bond acceptors (Lipinski definition) is 8. The van der Waals surface area contributed by atoms with Crippen molar-refractivity contribution < 1.29 is 44.5 Å². The largest absolute Gasteiger partial charge is 0.505 e. The lowest BCUT2D eigenvalue weighted by molar-refractivity contribution is -0.306. The predicted molar refractivity (Wildman–Crippen MR) is 81.3 cm³/mol. The number of carbonyl (C=O) groups is 1. The van der Waals surface area contributed by atoms with Crippen molar-refractivity contribution in [2.45, 2.75) is 63.8 Å². The second-order valence-corrected chi connectivity index (χ2v) is 6.48. The first kappa shape index (κ1) is 21.1. The first-order valence-electron chi connectivity index (χ1n) is 8.02. The molecule has 1 fully saturated rings. The SMILES string of the molecule is CCCCC(C)(COC(=O)O)COC1OC(CO)C(O)C(O)C1O. The summed E-state index contributed by atoms with van der Waals surface area (Å²) in [7, 11) is 0. The highest BCUT2D eigenvalue weighted by Crippen LogP contribution is 2.28. The Labute approximate surface area is 140 Å². The van der Waals surface area contributed by atoms with Crippen LogP contribution >= 0.6 is 0 Å². The molecule has 0 aliphatic carbocycles. The van der Waals surface area contributed by atoms with Gasteiger partial charge in [-0.2, -0.15) is 0 Å². The first-order valence-corrected chi connectivity index (χ1v) is 8.02. The molecule has 9 heteroatoms. The third-order valence-corrected chi connectivity index (χ3v) is 4.12. The Bertz CT molecular complexity index is 389. The van der Waals surface area contributed by atoms with Crippen LogP contribution in [0.4, 0.5) is 4.79 Å². The molecule has 0 spiro atoms. The van der Waals surface area contributed by atoms with Crippen molar-refractivity contribution in [2.24, 2.45) is 5.41 Å². The first-order chi connectivity index (χ1) is 11.2. The Hall–Kier alpha value is -0.970. The molecule has 6 atom stereocenters. The predicted octanol–water partition coefficient (Wildman–Crippen LogP) is -0.306. The van der Waals surface area contributed by atoms with Gasteiger partial charge in [0, 0.05) is 5.41 Å². The summed E-state index contributed by atoms with van der Waals surface area (Å²) in [5.74, 6) is 0. The standard InChI is InChI=1S/C15H28O9/c1-3-4-5-15(2,8-23-14(20)21)7-22-13-12(19)11(18)10(17)9(6-16)24-13/h9-13,16-19H,3-8H2,1-2H3,(H,20,21). The van der Waals surface area contributed by atoms with E-state index in [9.17, 15) is 20.1 Å².